The standard InChI is InChI=1S/C9H13NO7/c1-8(2)3-15-9(10-8)16-6(13)4(11)5(12)7(14)17-9/h4-5,10-12H,3H2,1-2H3. The van der Waals surface area contributed by atoms with Crippen molar-refractivity contribution in [3.05, 3.63) is 0 Å². The van der Waals surface area contributed by atoms with Crippen LogP contribution in [0.25, 0.3) is 0 Å². The number of carbonyl (C=O) groups excluding carboxylic acids is 2. The fourth-order valence-corrected chi connectivity index (χ4v) is 1.54. The van der Waals surface area contributed by atoms with Crippen LogP contribution in [0.3, 0.4) is 0 Å². The molecule has 17 heavy (non-hydrogen) atoms. The lowest BCUT2D eigenvalue weighted by Crippen LogP contribution is -2.53. The average Bonchev–Trinajstić information content (AvgIpc) is 2.47. The summed E-state index contributed by atoms with van der Waals surface area (Å²) >= 11 is 0. The molecule has 2 aliphatic rings. The van der Waals surface area contributed by atoms with E-state index in [1.165, 1.54) is 0 Å². The van der Waals surface area contributed by atoms with Crippen molar-refractivity contribution in [1.82, 2.24) is 5.32 Å². The van der Waals surface area contributed by atoms with Crippen LogP contribution in [0.2, 0.25) is 0 Å². The molecular formula is C9H13NO7. The molecule has 2 heterocycles. The summed E-state index contributed by atoms with van der Waals surface area (Å²) in [6, 6.07) is 0. The van der Waals surface area contributed by atoms with E-state index < -0.39 is 35.8 Å². The fraction of sp³-hybridized carbons (Fsp3) is 0.778. The second-order valence-corrected chi connectivity index (χ2v) is 4.59. The Morgan fingerprint density at radius 3 is 2.00 bits per heavy atom. The zero-order chi connectivity index (χ0) is 12.8. The van der Waals surface area contributed by atoms with Crippen LogP contribution in [0.15, 0.2) is 0 Å². The van der Waals surface area contributed by atoms with Crippen molar-refractivity contribution in [2.45, 2.75) is 37.7 Å². The second kappa shape index (κ2) is 3.64. The lowest BCUT2D eigenvalue weighted by Gasteiger charge is -2.26. The normalized spacial score (nSPS) is 40.9. The molecule has 2 fully saturated rings. The SMILES string of the molecule is CC1(C)COC2(N1)OC(=O)C(O)C(O)C(=O)O2. The summed E-state index contributed by atoms with van der Waals surface area (Å²) in [5.74, 6) is -2.40. The first kappa shape index (κ1) is 12.2. The molecule has 0 saturated carbocycles. The Hall–Kier alpha value is -1.22. The van der Waals surface area contributed by atoms with Crippen LogP contribution in [-0.4, -0.2) is 52.6 Å². The number of rotatable bonds is 0. The number of aliphatic hydroxyl groups excluding tert-OH is 2. The van der Waals surface area contributed by atoms with Crippen LogP contribution in [0, 0.1) is 0 Å². The second-order valence-electron chi connectivity index (χ2n) is 4.59. The third-order valence-electron chi connectivity index (χ3n) is 2.37. The summed E-state index contributed by atoms with van der Waals surface area (Å²) in [6.07, 6.45) is -6.05. The van der Waals surface area contributed by atoms with Crippen molar-refractivity contribution in [3.63, 3.8) is 0 Å². The number of carbonyl (C=O) groups is 2. The fourth-order valence-electron chi connectivity index (χ4n) is 1.54. The summed E-state index contributed by atoms with van der Waals surface area (Å²) in [6.45, 7) is 3.60. The van der Waals surface area contributed by atoms with E-state index in [1.54, 1.807) is 13.8 Å². The first-order chi connectivity index (χ1) is 7.75. The number of esters is 2. The summed E-state index contributed by atoms with van der Waals surface area (Å²) in [7, 11) is 0. The van der Waals surface area contributed by atoms with Crippen molar-refractivity contribution >= 4 is 11.9 Å². The van der Waals surface area contributed by atoms with E-state index in [-0.39, 0.29) is 6.61 Å². The molecular weight excluding hydrogens is 234 g/mol. The topological polar surface area (TPSA) is 114 Å². The molecule has 0 aromatic heterocycles. The van der Waals surface area contributed by atoms with Crippen LogP contribution < -0.4 is 5.32 Å². The minimum atomic E-state index is -2.07. The van der Waals surface area contributed by atoms with E-state index in [9.17, 15) is 19.8 Å². The Kier molecular flexibility index (Phi) is 2.62. The maximum absolute atomic E-state index is 11.4. The monoisotopic (exact) mass is 247 g/mol. The van der Waals surface area contributed by atoms with Gasteiger partial charge in [0.15, 0.2) is 12.2 Å². The maximum atomic E-state index is 11.4. The Morgan fingerprint density at radius 1 is 1.18 bits per heavy atom. The van der Waals surface area contributed by atoms with Crippen molar-refractivity contribution in [2.75, 3.05) is 6.61 Å². The van der Waals surface area contributed by atoms with Gasteiger partial charge in [-0.15, -0.1) is 0 Å². The minimum absolute atomic E-state index is 0.125. The molecule has 1 spiro atoms. The van der Waals surface area contributed by atoms with Gasteiger partial charge in [0, 0.05) is 5.54 Å². The van der Waals surface area contributed by atoms with E-state index in [1.807, 2.05) is 0 Å². The molecule has 8 heteroatoms. The first-order valence-electron chi connectivity index (χ1n) is 5.00. The van der Waals surface area contributed by atoms with Gasteiger partial charge in [-0.2, -0.15) is 0 Å². The summed E-state index contributed by atoms with van der Waals surface area (Å²) in [5.41, 5.74) is -0.583. The highest BCUT2D eigenvalue weighted by Gasteiger charge is 2.56. The largest absolute Gasteiger partial charge is 0.449 e. The molecule has 0 amide bonds. The molecule has 3 N–H and O–H groups in total. The average molecular weight is 247 g/mol. The van der Waals surface area contributed by atoms with Gasteiger partial charge in [-0.1, -0.05) is 0 Å². The lowest BCUT2D eigenvalue weighted by molar-refractivity contribution is -0.335. The predicted molar refractivity (Wildman–Crippen MR) is 50.1 cm³/mol. The summed E-state index contributed by atoms with van der Waals surface area (Å²) < 4.78 is 14.5. The number of hydrogen-bond acceptors (Lipinski definition) is 8. The number of aliphatic hydroxyl groups is 2. The Bertz CT molecular complexity index is 344. The zero-order valence-corrected chi connectivity index (χ0v) is 9.30. The van der Waals surface area contributed by atoms with E-state index in [4.69, 9.17) is 14.2 Å². The molecule has 0 aromatic carbocycles. The number of hydrogen-bond donors (Lipinski definition) is 3. The Balaban J connectivity index is 2.26. The smallest absolute Gasteiger partial charge is 0.382 e. The molecule has 0 aliphatic carbocycles. The molecule has 0 radical (unpaired) electrons. The molecule has 2 unspecified atom stereocenters. The lowest BCUT2D eigenvalue weighted by atomic mass is 10.1. The van der Waals surface area contributed by atoms with Crippen LogP contribution in [0.1, 0.15) is 13.8 Å². The third-order valence-corrected chi connectivity index (χ3v) is 2.37. The van der Waals surface area contributed by atoms with Gasteiger partial charge in [0.1, 0.15) is 0 Å². The molecule has 0 bridgehead atoms. The molecule has 8 nitrogen and oxygen atoms in total. The van der Waals surface area contributed by atoms with Gasteiger partial charge in [0.25, 0.3) is 0 Å². The summed E-state index contributed by atoms with van der Waals surface area (Å²) in [4.78, 5) is 22.7. The maximum Gasteiger partial charge on any atom is 0.449 e. The highest BCUT2D eigenvalue weighted by molar-refractivity contribution is 5.86. The van der Waals surface area contributed by atoms with Crippen molar-refractivity contribution in [2.24, 2.45) is 0 Å². The molecule has 2 saturated heterocycles. The van der Waals surface area contributed by atoms with Gasteiger partial charge in [0.2, 0.25) is 0 Å². The van der Waals surface area contributed by atoms with Crippen LogP contribution in [0.4, 0.5) is 0 Å². The molecule has 0 aromatic rings. The van der Waals surface area contributed by atoms with E-state index >= 15 is 0 Å². The summed E-state index contributed by atoms with van der Waals surface area (Å²) in [5, 5.41) is 21.2. The van der Waals surface area contributed by atoms with Crippen LogP contribution in [0.5, 0.6) is 0 Å². The quantitative estimate of drug-likeness (QED) is 0.414. The van der Waals surface area contributed by atoms with Crippen molar-refractivity contribution in [1.29, 1.82) is 0 Å². The van der Waals surface area contributed by atoms with E-state index in [0.29, 0.717) is 0 Å². The first-order valence-corrected chi connectivity index (χ1v) is 5.00. The van der Waals surface area contributed by atoms with Crippen molar-refractivity contribution in [3.8, 4) is 0 Å². The van der Waals surface area contributed by atoms with Gasteiger partial charge in [-0.05, 0) is 13.8 Å². The van der Waals surface area contributed by atoms with Gasteiger partial charge >= 0.3 is 18.0 Å². The zero-order valence-electron chi connectivity index (χ0n) is 9.30. The van der Waals surface area contributed by atoms with E-state index in [0.717, 1.165) is 0 Å². The number of ether oxygens (including phenoxy) is 3. The minimum Gasteiger partial charge on any atom is -0.382 e. The van der Waals surface area contributed by atoms with Gasteiger partial charge in [0.05, 0.1) is 6.61 Å². The molecule has 2 atom stereocenters. The molecule has 96 valence electrons. The van der Waals surface area contributed by atoms with Gasteiger partial charge in [-0.25, -0.2) is 14.9 Å². The Labute approximate surface area is 96.4 Å². The molecule has 2 aliphatic heterocycles. The predicted octanol–water partition coefficient (Wildman–Crippen LogP) is -2.18. The van der Waals surface area contributed by atoms with Crippen molar-refractivity contribution < 1.29 is 34.0 Å². The third kappa shape index (κ3) is 2.12. The highest BCUT2D eigenvalue weighted by Crippen LogP contribution is 2.28. The van der Waals surface area contributed by atoms with Gasteiger partial charge in [-0.3, -0.25) is 4.74 Å². The van der Waals surface area contributed by atoms with Crippen LogP contribution >= 0.6 is 0 Å². The van der Waals surface area contributed by atoms with Gasteiger partial charge < -0.3 is 19.7 Å². The highest BCUT2D eigenvalue weighted by atomic mass is 16.9. The molecule has 2 rings (SSSR count). The Morgan fingerprint density at radius 2 is 1.65 bits per heavy atom. The van der Waals surface area contributed by atoms with Crippen LogP contribution in [-0.2, 0) is 23.8 Å². The number of nitrogens with one attached hydrogen (secondary N) is 1. The van der Waals surface area contributed by atoms with E-state index in [2.05, 4.69) is 5.32 Å².